The molecule has 1 saturated carbocycles. The van der Waals surface area contributed by atoms with Crippen LogP contribution in [-0.4, -0.2) is 15.5 Å². The van der Waals surface area contributed by atoms with Gasteiger partial charge in [-0.05, 0) is 44.2 Å². The lowest BCUT2D eigenvalue weighted by Crippen LogP contribution is -2.33. The summed E-state index contributed by atoms with van der Waals surface area (Å²) in [5.74, 6) is 1.51. The predicted octanol–water partition coefficient (Wildman–Crippen LogP) is 4.40. The number of rotatable bonds is 4. The first kappa shape index (κ1) is 13.4. The zero-order valence-corrected chi connectivity index (χ0v) is 12.5. The number of anilines is 1. The fourth-order valence-electron chi connectivity index (χ4n) is 2.48. The molecule has 0 bridgehead atoms. The van der Waals surface area contributed by atoms with Gasteiger partial charge in [0.25, 0.3) is 0 Å². The highest BCUT2D eigenvalue weighted by atomic mass is 35.5. The maximum atomic E-state index is 6.06. The lowest BCUT2D eigenvalue weighted by atomic mass is 9.99. The quantitative estimate of drug-likeness (QED) is 0.847. The van der Waals surface area contributed by atoms with Gasteiger partial charge in [-0.25, -0.2) is 9.97 Å². The fraction of sp³-hybridized carbons (Fsp3) is 0.375. The van der Waals surface area contributed by atoms with E-state index >= 15 is 0 Å². The molecule has 4 heteroatoms. The van der Waals surface area contributed by atoms with Crippen LogP contribution in [0.3, 0.4) is 0 Å². The third-order valence-corrected chi connectivity index (χ3v) is 3.99. The molecular formula is C16H18ClN3. The average molecular weight is 288 g/mol. The number of nitrogens with one attached hydrogen (secondary N) is 1. The molecule has 1 aliphatic rings. The number of halogens is 1. The number of nitrogens with zero attached hydrogens (tertiary/aromatic N) is 2. The molecule has 0 saturated heterocycles. The van der Waals surface area contributed by atoms with Gasteiger partial charge in [-0.2, -0.15) is 0 Å². The highest BCUT2D eigenvalue weighted by molar-refractivity contribution is 6.28. The summed E-state index contributed by atoms with van der Waals surface area (Å²) in [6, 6.07) is 12.0. The summed E-state index contributed by atoms with van der Waals surface area (Å²) in [5.41, 5.74) is 1.94. The number of aromatic nitrogens is 2. The van der Waals surface area contributed by atoms with Crippen LogP contribution in [0.2, 0.25) is 5.28 Å². The first-order chi connectivity index (χ1) is 9.54. The lowest BCUT2D eigenvalue weighted by Gasteiger charge is -2.27. The predicted molar refractivity (Wildman–Crippen MR) is 82.9 cm³/mol. The zero-order chi connectivity index (χ0) is 14.2. The Morgan fingerprint density at radius 2 is 1.85 bits per heavy atom. The van der Waals surface area contributed by atoms with Crippen molar-refractivity contribution in [1.29, 1.82) is 0 Å². The van der Waals surface area contributed by atoms with Crippen LogP contribution >= 0.6 is 11.6 Å². The fourth-order valence-corrected chi connectivity index (χ4v) is 2.66. The summed E-state index contributed by atoms with van der Waals surface area (Å²) in [6.07, 6.45) is 2.56. The van der Waals surface area contributed by atoms with Crippen molar-refractivity contribution in [1.82, 2.24) is 9.97 Å². The Hall–Kier alpha value is -1.61. The molecule has 1 aromatic carbocycles. The summed E-state index contributed by atoms with van der Waals surface area (Å²) in [5, 5.41) is 3.77. The maximum absolute atomic E-state index is 6.06. The van der Waals surface area contributed by atoms with E-state index in [0.717, 1.165) is 23.0 Å². The average Bonchev–Trinajstić information content (AvgIpc) is 3.23. The molecule has 3 nitrogen and oxygen atoms in total. The van der Waals surface area contributed by atoms with E-state index in [0.29, 0.717) is 0 Å². The Bertz CT molecular complexity index is 606. The smallest absolute Gasteiger partial charge is 0.224 e. The van der Waals surface area contributed by atoms with Crippen molar-refractivity contribution in [2.75, 3.05) is 5.32 Å². The van der Waals surface area contributed by atoms with Crippen molar-refractivity contribution < 1.29 is 0 Å². The topological polar surface area (TPSA) is 37.8 Å². The Morgan fingerprint density at radius 1 is 1.15 bits per heavy atom. The molecule has 0 atom stereocenters. The number of benzene rings is 1. The van der Waals surface area contributed by atoms with E-state index in [9.17, 15) is 0 Å². The second-order valence-electron chi connectivity index (χ2n) is 5.89. The SMILES string of the molecule is CC(C)(Nc1cc(-c2ccccc2)nc(Cl)n1)C1CC1. The van der Waals surface area contributed by atoms with Crippen molar-refractivity contribution in [3.8, 4) is 11.3 Å². The van der Waals surface area contributed by atoms with Crippen molar-refractivity contribution in [3.63, 3.8) is 0 Å². The molecular weight excluding hydrogens is 270 g/mol. The normalized spacial score (nSPS) is 15.2. The van der Waals surface area contributed by atoms with Gasteiger partial charge in [0.05, 0.1) is 5.69 Å². The third-order valence-electron chi connectivity index (χ3n) is 3.82. The molecule has 1 N–H and O–H groups in total. The largest absolute Gasteiger partial charge is 0.365 e. The van der Waals surface area contributed by atoms with Gasteiger partial charge >= 0.3 is 0 Å². The standard InChI is InChI=1S/C16H18ClN3/c1-16(2,12-8-9-12)20-14-10-13(18-15(17)19-14)11-6-4-3-5-7-11/h3-7,10,12H,8-9H2,1-2H3,(H,18,19,20). The molecule has 1 heterocycles. The van der Waals surface area contributed by atoms with Gasteiger partial charge in [0.15, 0.2) is 0 Å². The zero-order valence-electron chi connectivity index (χ0n) is 11.7. The summed E-state index contributed by atoms with van der Waals surface area (Å²) in [6.45, 7) is 4.42. The van der Waals surface area contributed by atoms with Crippen LogP contribution in [0.25, 0.3) is 11.3 Å². The lowest BCUT2D eigenvalue weighted by molar-refractivity contribution is 0.492. The van der Waals surface area contributed by atoms with Crippen LogP contribution in [0, 0.1) is 5.92 Å². The molecule has 0 aliphatic heterocycles. The monoisotopic (exact) mass is 287 g/mol. The molecule has 0 unspecified atom stereocenters. The van der Waals surface area contributed by atoms with Crippen LogP contribution in [0.1, 0.15) is 26.7 Å². The summed E-state index contributed by atoms with van der Waals surface area (Å²) in [4.78, 5) is 8.61. The maximum Gasteiger partial charge on any atom is 0.224 e. The Morgan fingerprint density at radius 3 is 2.50 bits per heavy atom. The van der Waals surface area contributed by atoms with Gasteiger partial charge in [-0.15, -0.1) is 0 Å². The van der Waals surface area contributed by atoms with Gasteiger partial charge in [0, 0.05) is 17.2 Å². The third kappa shape index (κ3) is 2.93. The molecule has 0 spiro atoms. The van der Waals surface area contributed by atoms with Crippen molar-refractivity contribution >= 4 is 17.4 Å². The molecule has 104 valence electrons. The van der Waals surface area contributed by atoms with Crippen LogP contribution in [0.5, 0.6) is 0 Å². The second-order valence-corrected chi connectivity index (χ2v) is 6.23. The highest BCUT2D eigenvalue weighted by Gasteiger charge is 2.37. The molecule has 1 aliphatic carbocycles. The van der Waals surface area contributed by atoms with Crippen LogP contribution in [-0.2, 0) is 0 Å². The Labute approximate surface area is 124 Å². The Balaban J connectivity index is 1.91. The summed E-state index contributed by atoms with van der Waals surface area (Å²) < 4.78 is 0. The van der Waals surface area contributed by atoms with Crippen molar-refractivity contribution in [2.45, 2.75) is 32.2 Å². The Kier molecular flexibility index (Phi) is 3.38. The van der Waals surface area contributed by atoms with E-state index < -0.39 is 0 Å². The molecule has 3 rings (SSSR count). The van der Waals surface area contributed by atoms with E-state index in [4.69, 9.17) is 11.6 Å². The molecule has 0 radical (unpaired) electrons. The number of hydrogen-bond donors (Lipinski definition) is 1. The van der Waals surface area contributed by atoms with E-state index in [-0.39, 0.29) is 10.8 Å². The number of hydrogen-bond acceptors (Lipinski definition) is 3. The molecule has 0 amide bonds. The summed E-state index contributed by atoms with van der Waals surface area (Å²) >= 11 is 6.06. The first-order valence-electron chi connectivity index (χ1n) is 6.93. The van der Waals surface area contributed by atoms with Crippen LogP contribution < -0.4 is 5.32 Å². The van der Waals surface area contributed by atoms with Gasteiger partial charge < -0.3 is 5.32 Å². The van der Waals surface area contributed by atoms with E-state index in [1.54, 1.807) is 0 Å². The minimum absolute atomic E-state index is 0.0473. The van der Waals surface area contributed by atoms with E-state index in [1.165, 1.54) is 12.8 Å². The molecule has 2 aromatic rings. The summed E-state index contributed by atoms with van der Waals surface area (Å²) in [7, 11) is 0. The molecule has 1 fully saturated rings. The van der Waals surface area contributed by atoms with Crippen LogP contribution in [0.15, 0.2) is 36.4 Å². The first-order valence-corrected chi connectivity index (χ1v) is 7.30. The van der Waals surface area contributed by atoms with E-state index in [2.05, 4.69) is 29.1 Å². The minimum Gasteiger partial charge on any atom is -0.365 e. The second kappa shape index (κ2) is 5.06. The molecule has 20 heavy (non-hydrogen) atoms. The van der Waals surface area contributed by atoms with Crippen LogP contribution in [0.4, 0.5) is 5.82 Å². The van der Waals surface area contributed by atoms with Crippen molar-refractivity contribution in [3.05, 3.63) is 41.7 Å². The van der Waals surface area contributed by atoms with Crippen molar-refractivity contribution in [2.24, 2.45) is 5.92 Å². The van der Waals surface area contributed by atoms with E-state index in [1.807, 2.05) is 36.4 Å². The van der Waals surface area contributed by atoms with Gasteiger partial charge in [0.2, 0.25) is 5.28 Å². The minimum atomic E-state index is 0.0473. The molecule has 1 aromatic heterocycles. The van der Waals surface area contributed by atoms with Gasteiger partial charge in [-0.3, -0.25) is 0 Å². The highest BCUT2D eigenvalue weighted by Crippen LogP contribution is 2.41. The van der Waals surface area contributed by atoms with Gasteiger partial charge in [-0.1, -0.05) is 30.3 Å². The van der Waals surface area contributed by atoms with Gasteiger partial charge in [0.1, 0.15) is 5.82 Å².